The van der Waals surface area contributed by atoms with Crippen molar-refractivity contribution in [2.75, 3.05) is 13.2 Å². The second-order valence-corrected chi connectivity index (χ2v) is 11.1. The summed E-state index contributed by atoms with van der Waals surface area (Å²) in [5, 5.41) is 15.8. The number of nitrogens with zero attached hydrogens (tertiary/aromatic N) is 2. The monoisotopic (exact) mass is 518 g/mol. The van der Waals surface area contributed by atoms with E-state index < -0.39 is 48.1 Å². The Morgan fingerprint density at radius 3 is 2.42 bits per heavy atom. The van der Waals surface area contributed by atoms with Crippen molar-refractivity contribution in [1.82, 2.24) is 20.5 Å². The lowest BCUT2D eigenvalue weighted by atomic mass is 9.85. The minimum absolute atomic E-state index is 0.0331. The number of β-amino-alcohol motifs (C(OH)–C–C–N with tert-alkyl or cyclic N) is 1. The van der Waals surface area contributed by atoms with Crippen molar-refractivity contribution in [2.45, 2.75) is 71.7 Å². The van der Waals surface area contributed by atoms with Crippen molar-refractivity contribution in [3.8, 4) is 10.4 Å². The summed E-state index contributed by atoms with van der Waals surface area (Å²) in [6.45, 7) is 8.22. The minimum atomic E-state index is -0.968. The molecule has 0 spiro atoms. The maximum absolute atomic E-state index is 14.0. The highest BCUT2D eigenvalue weighted by Crippen LogP contribution is 2.29. The molecule has 4 unspecified atom stereocenters. The number of likely N-dealkylation sites (tertiary alicyclic amines) is 1. The molecule has 3 N–H and O–H groups in total. The van der Waals surface area contributed by atoms with Crippen molar-refractivity contribution in [2.24, 2.45) is 5.41 Å². The number of aliphatic hydroxyl groups excluding tert-OH is 1. The van der Waals surface area contributed by atoms with E-state index in [0.29, 0.717) is 5.56 Å². The molecule has 1 aliphatic rings. The molecule has 2 aromatic rings. The lowest BCUT2D eigenvalue weighted by Crippen LogP contribution is -2.57. The molecule has 4 atom stereocenters. The van der Waals surface area contributed by atoms with E-state index in [1.807, 2.05) is 39.8 Å². The number of nitrogens with one attached hydrogen (secondary N) is 2. The average Bonchev–Trinajstić information content (AvgIpc) is 3.45. The van der Waals surface area contributed by atoms with Crippen molar-refractivity contribution >= 4 is 29.1 Å². The molecule has 0 saturated carbocycles. The van der Waals surface area contributed by atoms with E-state index in [1.54, 1.807) is 24.6 Å². The molecule has 3 rings (SSSR count). The Labute approximate surface area is 215 Å². The SMILES string of the molecule is CCC(=O)NC(C(=O)N1CC(O)CC1C(=O)NC(CF)c1ccc(-c2scnc2C)cc1)C(C)(C)C. The molecule has 1 saturated heterocycles. The molecule has 3 amide bonds. The molecular weight excluding hydrogens is 483 g/mol. The van der Waals surface area contributed by atoms with Gasteiger partial charge in [0.25, 0.3) is 0 Å². The van der Waals surface area contributed by atoms with Crippen LogP contribution in [0.3, 0.4) is 0 Å². The third-order valence-electron chi connectivity index (χ3n) is 6.40. The highest BCUT2D eigenvalue weighted by atomic mass is 32.1. The van der Waals surface area contributed by atoms with Crippen LogP contribution in [-0.4, -0.2) is 64.1 Å². The normalized spacial score (nSPS) is 19.6. The number of aryl methyl sites for hydroxylation is 1. The molecule has 10 heteroatoms. The van der Waals surface area contributed by atoms with Gasteiger partial charge in [-0.1, -0.05) is 52.0 Å². The van der Waals surface area contributed by atoms with Crippen LogP contribution in [0.4, 0.5) is 4.39 Å². The molecule has 2 heterocycles. The van der Waals surface area contributed by atoms with Gasteiger partial charge in [-0.15, -0.1) is 11.3 Å². The Balaban J connectivity index is 1.76. The first-order valence-corrected chi connectivity index (χ1v) is 13.0. The van der Waals surface area contributed by atoms with E-state index in [1.165, 1.54) is 16.2 Å². The summed E-state index contributed by atoms with van der Waals surface area (Å²) in [5.74, 6) is -1.26. The summed E-state index contributed by atoms with van der Waals surface area (Å²) in [5.41, 5.74) is 3.62. The van der Waals surface area contributed by atoms with Gasteiger partial charge < -0.3 is 20.6 Å². The molecule has 1 fully saturated rings. The van der Waals surface area contributed by atoms with Crippen molar-refractivity contribution in [1.29, 1.82) is 0 Å². The zero-order valence-electron chi connectivity index (χ0n) is 21.4. The molecular formula is C26H35FN4O4S. The van der Waals surface area contributed by atoms with E-state index >= 15 is 0 Å². The lowest BCUT2D eigenvalue weighted by Gasteiger charge is -2.35. The van der Waals surface area contributed by atoms with Crippen molar-refractivity contribution in [3.63, 3.8) is 0 Å². The Hall–Kier alpha value is -2.85. The summed E-state index contributed by atoms with van der Waals surface area (Å²) < 4.78 is 14.0. The van der Waals surface area contributed by atoms with Gasteiger partial charge >= 0.3 is 0 Å². The number of carbonyl (C=O) groups is 3. The number of alkyl halides is 1. The predicted octanol–water partition coefficient (Wildman–Crippen LogP) is 3.15. The molecule has 1 aromatic heterocycles. The van der Waals surface area contributed by atoms with Gasteiger partial charge in [-0.25, -0.2) is 9.37 Å². The number of amides is 3. The number of halogens is 1. The van der Waals surface area contributed by atoms with Crippen LogP contribution in [0.15, 0.2) is 29.8 Å². The third-order valence-corrected chi connectivity index (χ3v) is 7.37. The Bertz CT molecular complexity index is 1080. The molecule has 36 heavy (non-hydrogen) atoms. The predicted molar refractivity (Wildman–Crippen MR) is 137 cm³/mol. The van der Waals surface area contributed by atoms with Gasteiger partial charge in [0, 0.05) is 19.4 Å². The number of hydrogen-bond donors (Lipinski definition) is 3. The van der Waals surface area contributed by atoms with Gasteiger partial charge in [0.05, 0.1) is 28.2 Å². The maximum Gasteiger partial charge on any atom is 0.246 e. The third kappa shape index (κ3) is 6.28. The molecule has 0 bridgehead atoms. The number of benzene rings is 1. The summed E-state index contributed by atoms with van der Waals surface area (Å²) in [6.07, 6.45) is -0.636. The molecule has 1 aromatic carbocycles. The summed E-state index contributed by atoms with van der Waals surface area (Å²) in [6, 6.07) is 4.52. The Morgan fingerprint density at radius 1 is 1.22 bits per heavy atom. The zero-order valence-corrected chi connectivity index (χ0v) is 22.2. The van der Waals surface area contributed by atoms with Crippen molar-refractivity contribution in [3.05, 3.63) is 41.0 Å². The first kappa shape index (κ1) is 27.7. The van der Waals surface area contributed by atoms with E-state index in [0.717, 1.165) is 16.1 Å². The highest BCUT2D eigenvalue weighted by Gasteiger charge is 2.44. The van der Waals surface area contributed by atoms with Crippen LogP contribution in [0.5, 0.6) is 0 Å². The quantitative estimate of drug-likeness (QED) is 0.497. The van der Waals surface area contributed by atoms with Crippen LogP contribution in [0.25, 0.3) is 10.4 Å². The summed E-state index contributed by atoms with van der Waals surface area (Å²) in [4.78, 5) is 45.3. The van der Waals surface area contributed by atoms with E-state index in [-0.39, 0.29) is 25.3 Å². The largest absolute Gasteiger partial charge is 0.391 e. The van der Waals surface area contributed by atoms with Gasteiger partial charge in [-0.05, 0) is 23.5 Å². The van der Waals surface area contributed by atoms with Gasteiger partial charge in [0.2, 0.25) is 17.7 Å². The van der Waals surface area contributed by atoms with Gasteiger partial charge in [-0.2, -0.15) is 0 Å². The molecule has 8 nitrogen and oxygen atoms in total. The topological polar surface area (TPSA) is 112 Å². The van der Waals surface area contributed by atoms with Crippen LogP contribution in [0, 0.1) is 12.3 Å². The van der Waals surface area contributed by atoms with Gasteiger partial charge in [0.1, 0.15) is 18.8 Å². The van der Waals surface area contributed by atoms with E-state index in [2.05, 4.69) is 15.6 Å². The molecule has 0 aliphatic carbocycles. The van der Waals surface area contributed by atoms with Gasteiger partial charge in [0.15, 0.2) is 0 Å². The van der Waals surface area contributed by atoms with Crippen LogP contribution in [-0.2, 0) is 14.4 Å². The fourth-order valence-corrected chi connectivity index (χ4v) is 5.12. The smallest absolute Gasteiger partial charge is 0.246 e. The maximum atomic E-state index is 14.0. The second kappa shape index (κ2) is 11.5. The molecule has 1 aliphatic heterocycles. The van der Waals surface area contributed by atoms with E-state index in [4.69, 9.17) is 0 Å². The summed E-state index contributed by atoms with van der Waals surface area (Å²) >= 11 is 1.52. The van der Waals surface area contributed by atoms with Crippen LogP contribution < -0.4 is 10.6 Å². The second-order valence-electron chi connectivity index (χ2n) is 10.2. The minimum Gasteiger partial charge on any atom is -0.391 e. The fraction of sp³-hybridized carbons (Fsp3) is 0.538. The number of hydrogen-bond acceptors (Lipinski definition) is 6. The standard InChI is InChI=1S/C26H35FN4O4S/c1-6-21(33)30-23(26(3,4)5)25(35)31-13-18(32)11-20(31)24(34)29-19(12-27)16-7-9-17(10-8-16)22-15(2)28-14-36-22/h7-10,14,18-20,23,32H,6,11-13H2,1-5H3,(H,29,34)(H,30,33). The molecule has 0 radical (unpaired) electrons. The number of aliphatic hydroxyl groups is 1. The average molecular weight is 519 g/mol. The lowest BCUT2D eigenvalue weighted by molar-refractivity contribution is -0.144. The first-order chi connectivity index (χ1) is 17.0. The number of aromatic nitrogens is 1. The fourth-order valence-electron chi connectivity index (χ4n) is 4.31. The summed E-state index contributed by atoms with van der Waals surface area (Å²) in [7, 11) is 0. The number of carbonyl (C=O) groups excluding carboxylic acids is 3. The number of rotatable bonds is 8. The number of thiazole rings is 1. The molecule has 196 valence electrons. The van der Waals surface area contributed by atoms with E-state index in [9.17, 15) is 23.9 Å². The van der Waals surface area contributed by atoms with Crippen LogP contribution >= 0.6 is 11.3 Å². The first-order valence-electron chi connectivity index (χ1n) is 12.1. The van der Waals surface area contributed by atoms with Gasteiger partial charge in [-0.3, -0.25) is 14.4 Å². The Morgan fingerprint density at radius 2 is 1.89 bits per heavy atom. The van der Waals surface area contributed by atoms with Crippen molar-refractivity contribution < 1.29 is 23.9 Å². The zero-order chi connectivity index (χ0) is 26.6. The Kier molecular flexibility index (Phi) is 8.84. The highest BCUT2D eigenvalue weighted by molar-refractivity contribution is 7.13. The van der Waals surface area contributed by atoms with Crippen LogP contribution in [0.2, 0.25) is 0 Å². The van der Waals surface area contributed by atoms with Crippen LogP contribution in [0.1, 0.15) is 57.8 Å².